The van der Waals surface area contributed by atoms with E-state index in [1.165, 1.54) is 6.08 Å². The molecule has 170 valence electrons. The molecule has 7 heteroatoms. The second kappa shape index (κ2) is 10.7. The lowest BCUT2D eigenvalue weighted by Crippen LogP contribution is -2.46. The highest BCUT2D eigenvalue weighted by Gasteiger charge is 2.22. The van der Waals surface area contributed by atoms with Crippen LogP contribution in [0, 0.1) is 0 Å². The fourth-order valence-electron chi connectivity index (χ4n) is 3.71. The summed E-state index contributed by atoms with van der Waals surface area (Å²) in [6.07, 6.45) is 4.91. The van der Waals surface area contributed by atoms with E-state index < -0.39 is 5.97 Å². The van der Waals surface area contributed by atoms with Crippen LogP contribution in [0.2, 0.25) is 0 Å². The zero-order chi connectivity index (χ0) is 23.0. The molecule has 1 aromatic heterocycles. The van der Waals surface area contributed by atoms with Crippen LogP contribution in [0.25, 0.3) is 17.3 Å². The number of nitrogens with zero attached hydrogens (tertiary/aromatic N) is 3. The lowest BCUT2D eigenvalue weighted by Gasteiger charge is -2.30. The van der Waals surface area contributed by atoms with Crippen LogP contribution in [0.5, 0.6) is 0 Å². The summed E-state index contributed by atoms with van der Waals surface area (Å²) >= 11 is 0. The van der Waals surface area contributed by atoms with E-state index in [-0.39, 0.29) is 18.6 Å². The van der Waals surface area contributed by atoms with E-state index in [1.54, 1.807) is 11.0 Å². The molecule has 3 aromatic rings. The van der Waals surface area contributed by atoms with Gasteiger partial charge in [-0.3, -0.25) is 9.48 Å². The lowest BCUT2D eigenvalue weighted by molar-refractivity contribution is -0.151. The highest BCUT2D eigenvalue weighted by Crippen LogP contribution is 2.23. The van der Waals surface area contributed by atoms with E-state index in [2.05, 4.69) is 0 Å². The highest BCUT2D eigenvalue weighted by atomic mass is 16.5. The zero-order valence-electron chi connectivity index (χ0n) is 18.6. The normalized spacial score (nSPS) is 16.2. The predicted molar refractivity (Wildman–Crippen MR) is 125 cm³/mol. The number of carbonyl (C=O) groups is 2. The molecule has 0 N–H and O–H groups in total. The second-order valence-electron chi connectivity index (χ2n) is 7.94. The SMILES string of the molecule is CC1CN(C(=O)COC(=O)/C=C/c2cn(Cc3ccccc3)nc2-c2ccccc2)CCO1. The Bertz CT molecular complexity index is 1110. The smallest absolute Gasteiger partial charge is 0.331 e. The molecule has 1 aliphatic rings. The maximum absolute atomic E-state index is 12.3. The molecule has 7 nitrogen and oxygen atoms in total. The van der Waals surface area contributed by atoms with Gasteiger partial charge in [0, 0.05) is 36.5 Å². The van der Waals surface area contributed by atoms with Crippen LogP contribution < -0.4 is 0 Å². The van der Waals surface area contributed by atoms with E-state index in [1.807, 2.05) is 78.5 Å². The Hall–Kier alpha value is -3.71. The molecule has 2 heterocycles. The predicted octanol–water partition coefficient (Wildman–Crippen LogP) is 3.40. The van der Waals surface area contributed by atoms with Crippen molar-refractivity contribution in [1.82, 2.24) is 14.7 Å². The van der Waals surface area contributed by atoms with Crippen LogP contribution >= 0.6 is 0 Å². The first-order valence-corrected chi connectivity index (χ1v) is 11.0. The minimum atomic E-state index is -0.570. The monoisotopic (exact) mass is 445 g/mol. The van der Waals surface area contributed by atoms with Crippen molar-refractivity contribution in [2.75, 3.05) is 26.3 Å². The fourth-order valence-corrected chi connectivity index (χ4v) is 3.71. The third-order valence-electron chi connectivity index (χ3n) is 5.36. The fraction of sp³-hybridized carbons (Fsp3) is 0.269. The number of aromatic nitrogens is 2. The summed E-state index contributed by atoms with van der Waals surface area (Å²) in [4.78, 5) is 26.2. The van der Waals surface area contributed by atoms with Crippen molar-refractivity contribution in [2.45, 2.75) is 19.6 Å². The van der Waals surface area contributed by atoms with Gasteiger partial charge in [-0.25, -0.2) is 4.79 Å². The number of rotatable bonds is 7. The summed E-state index contributed by atoms with van der Waals surface area (Å²) in [5.41, 5.74) is 3.65. The first kappa shape index (κ1) is 22.5. The lowest BCUT2D eigenvalue weighted by atomic mass is 10.1. The summed E-state index contributed by atoms with van der Waals surface area (Å²) in [6.45, 7) is 3.76. The molecule has 1 aliphatic heterocycles. The largest absolute Gasteiger partial charge is 0.452 e. The molecule has 4 rings (SSSR count). The molecule has 0 saturated carbocycles. The van der Waals surface area contributed by atoms with Crippen molar-refractivity contribution in [3.05, 3.63) is 84.1 Å². The molecule has 33 heavy (non-hydrogen) atoms. The van der Waals surface area contributed by atoms with Gasteiger partial charge < -0.3 is 14.4 Å². The second-order valence-corrected chi connectivity index (χ2v) is 7.94. The third kappa shape index (κ3) is 6.17. The zero-order valence-corrected chi connectivity index (χ0v) is 18.6. The molecule has 0 radical (unpaired) electrons. The number of carbonyl (C=O) groups excluding carboxylic acids is 2. The Morgan fingerprint density at radius 2 is 1.85 bits per heavy atom. The van der Waals surface area contributed by atoms with Gasteiger partial charge in [0.25, 0.3) is 5.91 Å². The Labute approximate surface area is 193 Å². The number of amides is 1. The van der Waals surface area contributed by atoms with Crippen LogP contribution in [-0.4, -0.2) is 59.0 Å². The number of benzene rings is 2. The molecule has 1 amide bonds. The number of hydrogen-bond donors (Lipinski definition) is 0. The van der Waals surface area contributed by atoms with Crippen LogP contribution in [0.4, 0.5) is 0 Å². The van der Waals surface area contributed by atoms with Gasteiger partial charge in [-0.2, -0.15) is 5.10 Å². The van der Waals surface area contributed by atoms with Gasteiger partial charge in [0.15, 0.2) is 6.61 Å². The van der Waals surface area contributed by atoms with E-state index in [0.717, 1.165) is 22.4 Å². The Kier molecular flexibility index (Phi) is 7.32. The maximum Gasteiger partial charge on any atom is 0.331 e. The molecule has 1 fully saturated rings. The molecule has 1 saturated heterocycles. The van der Waals surface area contributed by atoms with Crippen LogP contribution in [-0.2, 0) is 25.6 Å². The van der Waals surface area contributed by atoms with Gasteiger partial charge in [0.1, 0.15) is 0 Å². The van der Waals surface area contributed by atoms with Gasteiger partial charge in [0.05, 0.1) is 24.9 Å². The van der Waals surface area contributed by atoms with Crippen LogP contribution in [0.3, 0.4) is 0 Å². The molecule has 0 aliphatic carbocycles. The van der Waals surface area contributed by atoms with Crippen molar-refractivity contribution < 1.29 is 19.1 Å². The summed E-state index contributed by atoms with van der Waals surface area (Å²) in [7, 11) is 0. The Morgan fingerprint density at radius 1 is 1.12 bits per heavy atom. The number of esters is 1. The van der Waals surface area contributed by atoms with Gasteiger partial charge in [-0.15, -0.1) is 0 Å². The number of ether oxygens (including phenoxy) is 2. The van der Waals surface area contributed by atoms with Gasteiger partial charge in [-0.1, -0.05) is 60.7 Å². The van der Waals surface area contributed by atoms with Crippen molar-refractivity contribution >= 4 is 18.0 Å². The van der Waals surface area contributed by atoms with Crippen molar-refractivity contribution in [2.24, 2.45) is 0 Å². The van der Waals surface area contributed by atoms with Crippen LogP contribution in [0.1, 0.15) is 18.1 Å². The average molecular weight is 446 g/mol. The summed E-state index contributed by atoms with van der Waals surface area (Å²) < 4.78 is 12.5. The number of morpholine rings is 1. The average Bonchev–Trinajstić information content (AvgIpc) is 3.25. The minimum Gasteiger partial charge on any atom is -0.452 e. The molecule has 2 aromatic carbocycles. The molecular weight excluding hydrogens is 418 g/mol. The standard InChI is InChI=1S/C26H27N3O4/c1-20-16-28(14-15-32-20)24(30)19-33-25(31)13-12-23-18-29(17-21-8-4-2-5-9-21)27-26(23)22-10-6-3-7-11-22/h2-13,18,20H,14-17,19H2,1H3/b13-12+. The van der Waals surface area contributed by atoms with E-state index in [4.69, 9.17) is 14.6 Å². The molecule has 0 spiro atoms. The van der Waals surface area contributed by atoms with Gasteiger partial charge >= 0.3 is 5.97 Å². The highest BCUT2D eigenvalue weighted by molar-refractivity contribution is 5.90. The van der Waals surface area contributed by atoms with Gasteiger partial charge in [0.2, 0.25) is 0 Å². The van der Waals surface area contributed by atoms with Crippen molar-refractivity contribution in [3.8, 4) is 11.3 Å². The van der Waals surface area contributed by atoms with E-state index in [0.29, 0.717) is 26.2 Å². The van der Waals surface area contributed by atoms with Gasteiger partial charge in [-0.05, 0) is 18.6 Å². The topological polar surface area (TPSA) is 73.7 Å². The summed E-state index contributed by atoms with van der Waals surface area (Å²) in [5, 5.41) is 4.74. The molecule has 1 unspecified atom stereocenters. The van der Waals surface area contributed by atoms with Crippen molar-refractivity contribution in [1.29, 1.82) is 0 Å². The summed E-state index contributed by atoms with van der Waals surface area (Å²) in [6, 6.07) is 19.9. The van der Waals surface area contributed by atoms with E-state index >= 15 is 0 Å². The number of hydrogen-bond acceptors (Lipinski definition) is 5. The molecule has 0 bridgehead atoms. The first-order chi connectivity index (χ1) is 16.1. The molecular formula is C26H27N3O4. The summed E-state index contributed by atoms with van der Waals surface area (Å²) in [5.74, 6) is -0.785. The minimum absolute atomic E-state index is 0.0119. The first-order valence-electron chi connectivity index (χ1n) is 11.0. The van der Waals surface area contributed by atoms with Crippen molar-refractivity contribution in [3.63, 3.8) is 0 Å². The quantitative estimate of drug-likeness (QED) is 0.412. The van der Waals surface area contributed by atoms with Crippen LogP contribution in [0.15, 0.2) is 72.9 Å². The molecule has 1 atom stereocenters. The Morgan fingerprint density at radius 3 is 2.58 bits per heavy atom. The maximum atomic E-state index is 12.3. The Balaban J connectivity index is 1.44. The van der Waals surface area contributed by atoms with E-state index in [9.17, 15) is 9.59 Å². The third-order valence-corrected chi connectivity index (χ3v) is 5.36.